The fraction of sp³-hybridized carbons (Fsp3) is 0.0588. The van der Waals surface area contributed by atoms with Gasteiger partial charge in [0.15, 0.2) is 10.6 Å². The molecule has 5 nitrogen and oxygen atoms in total. The van der Waals surface area contributed by atoms with Gasteiger partial charge in [-0.3, -0.25) is 10.2 Å². The normalized spacial score (nSPS) is 9.96. The largest absolute Gasteiger partial charge is 1.00 e. The molecule has 1 heterocycles. The van der Waals surface area contributed by atoms with E-state index in [-0.39, 0.29) is 24.9 Å². The van der Waals surface area contributed by atoms with Crippen LogP contribution in [0.5, 0.6) is 11.5 Å². The summed E-state index contributed by atoms with van der Waals surface area (Å²) in [7, 11) is 0. The highest BCUT2D eigenvalue weighted by Crippen LogP contribution is 2.31. The summed E-state index contributed by atoms with van der Waals surface area (Å²) in [6.45, 7) is 0.0552. The lowest BCUT2D eigenvalue weighted by Gasteiger charge is -2.13. The van der Waals surface area contributed by atoms with Crippen LogP contribution in [-0.4, -0.2) is 10.5 Å². The number of nitrogens with one attached hydrogen (secondary N) is 2. The molecule has 0 aliphatic heterocycles. The van der Waals surface area contributed by atoms with E-state index < -0.39 is 0 Å². The van der Waals surface area contributed by atoms with Crippen molar-refractivity contribution in [2.24, 2.45) is 0 Å². The van der Waals surface area contributed by atoms with E-state index in [1.807, 2.05) is 30.3 Å². The fourth-order valence-corrected chi connectivity index (χ4v) is 2.85. The number of thiazole rings is 1. The molecular weight excluding hydrogens is 381 g/mol. The molecule has 0 spiro atoms. The summed E-state index contributed by atoms with van der Waals surface area (Å²) in [5.41, 5.74) is 0.485. The average molecular weight is 395 g/mol. The van der Waals surface area contributed by atoms with Gasteiger partial charge in [-0.05, 0) is 30.3 Å². The molecule has 0 aliphatic carbocycles. The van der Waals surface area contributed by atoms with Gasteiger partial charge in [0.1, 0.15) is 12.3 Å². The van der Waals surface area contributed by atoms with E-state index in [0.29, 0.717) is 27.0 Å². The first kappa shape index (κ1) is 19.1. The second kappa shape index (κ2) is 8.71. The van der Waals surface area contributed by atoms with Gasteiger partial charge in [0, 0.05) is 16.6 Å². The maximum Gasteiger partial charge on any atom is 0.244 e. The van der Waals surface area contributed by atoms with Crippen molar-refractivity contribution in [2.75, 3.05) is 5.32 Å². The first-order valence-electron chi connectivity index (χ1n) is 7.12. The second-order valence-corrected chi connectivity index (χ2v) is 6.27. The number of para-hydroxylation sites is 1. The molecule has 130 valence electrons. The molecule has 1 aromatic heterocycles. The Morgan fingerprint density at radius 3 is 2.68 bits per heavy atom. The van der Waals surface area contributed by atoms with Crippen LogP contribution in [0.25, 0.3) is 0 Å². The van der Waals surface area contributed by atoms with Crippen LogP contribution in [0, 0.1) is 5.41 Å². The molecule has 0 bridgehead atoms. The monoisotopic (exact) mass is 394 g/mol. The minimum absolute atomic E-state index is 0. The van der Waals surface area contributed by atoms with Crippen molar-refractivity contribution >= 4 is 34.5 Å². The molecule has 0 atom stereocenters. The predicted octanol–water partition coefficient (Wildman–Crippen LogP) is 1.12. The first-order valence-corrected chi connectivity index (χ1v) is 8.38. The van der Waals surface area contributed by atoms with Gasteiger partial charge in [-0.25, -0.2) is 0 Å². The van der Waals surface area contributed by atoms with Gasteiger partial charge in [0.05, 0.1) is 5.69 Å². The van der Waals surface area contributed by atoms with Crippen LogP contribution in [-0.2, 0) is 11.3 Å². The Labute approximate surface area is 159 Å². The van der Waals surface area contributed by atoms with E-state index in [1.54, 1.807) is 34.3 Å². The smallest absolute Gasteiger partial charge is 0.244 e. The number of carbonyl (C=O) groups excluding carboxylic acids is 1. The molecule has 25 heavy (non-hydrogen) atoms. The second-order valence-electron chi connectivity index (χ2n) is 4.94. The zero-order chi connectivity index (χ0) is 16.9. The third-order valence-electron chi connectivity index (χ3n) is 3.18. The van der Waals surface area contributed by atoms with Crippen molar-refractivity contribution in [3.8, 4) is 11.5 Å². The lowest BCUT2D eigenvalue weighted by molar-refractivity contribution is -0.116. The molecule has 0 unspecified atom stereocenters. The van der Waals surface area contributed by atoms with Gasteiger partial charge in [-0.1, -0.05) is 29.8 Å². The molecule has 2 aromatic carbocycles. The van der Waals surface area contributed by atoms with Crippen molar-refractivity contribution in [1.29, 1.82) is 5.41 Å². The lowest BCUT2D eigenvalue weighted by Crippen LogP contribution is -3.00. The Bertz CT molecular complexity index is 910. The van der Waals surface area contributed by atoms with Gasteiger partial charge < -0.3 is 27.0 Å². The molecular formula is C17H14Cl2N3O2S-. The zero-order valence-corrected chi connectivity index (χ0v) is 15.2. The van der Waals surface area contributed by atoms with Gasteiger partial charge in [-0.15, -0.1) is 11.3 Å². The quantitative estimate of drug-likeness (QED) is 0.680. The number of hydrogen-bond acceptors (Lipinski definition) is 4. The number of benzene rings is 2. The van der Waals surface area contributed by atoms with Gasteiger partial charge in [0.2, 0.25) is 5.91 Å². The van der Waals surface area contributed by atoms with E-state index in [2.05, 4.69) is 5.32 Å². The maximum atomic E-state index is 12.2. The summed E-state index contributed by atoms with van der Waals surface area (Å²) in [6, 6.07) is 14.3. The standard InChI is InChI=1S/C17H14ClN3O2S.ClH/c18-12-6-7-15(23-13-4-2-1-3-5-13)14(10-12)20-16(22)11-21-8-9-24-17(21)19;/h1-10,19H,11H2,(H,20,22);1H/p-1. The fourth-order valence-electron chi connectivity index (χ4n) is 2.08. The minimum Gasteiger partial charge on any atom is -1.00 e. The Kier molecular flexibility index (Phi) is 6.64. The number of amides is 1. The highest BCUT2D eigenvalue weighted by atomic mass is 35.5. The Morgan fingerprint density at radius 2 is 2.00 bits per heavy atom. The van der Waals surface area contributed by atoms with Gasteiger partial charge in [-0.2, -0.15) is 0 Å². The number of anilines is 1. The number of halogens is 2. The van der Waals surface area contributed by atoms with Crippen molar-refractivity contribution in [2.45, 2.75) is 6.54 Å². The SMILES string of the molecule is N=c1sccn1CC(=O)Nc1cc(Cl)ccc1Oc1ccccc1.[Cl-]. The molecule has 0 radical (unpaired) electrons. The zero-order valence-electron chi connectivity index (χ0n) is 12.9. The van der Waals surface area contributed by atoms with E-state index >= 15 is 0 Å². The van der Waals surface area contributed by atoms with Crippen LogP contribution >= 0.6 is 22.9 Å². The summed E-state index contributed by atoms with van der Waals surface area (Å²) >= 11 is 7.29. The number of ether oxygens (including phenoxy) is 1. The molecule has 3 rings (SSSR count). The van der Waals surface area contributed by atoms with Crippen LogP contribution < -0.4 is 27.3 Å². The van der Waals surface area contributed by atoms with Crippen molar-refractivity contribution in [1.82, 2.24) is 4.57 Å². The van der Waals surface area contributed by atoms with Crippen LogP contribution in [0.2, 0.25) is 5.02 Å². The minimum atomic E-state index is -0.257. The Balaban J connectivity index is 0.00000225. The lowest BCUT2D eigenvalue weighted by atomic mass is 10.2. The molecule has 2 N–H and O–H groups in total. The summed E-state index contributed by atoms with van der Waals surface area (Å²) in [4.78, 5) is 12.6. The third kappa shape index (κ3) is 5.09. The summed E-state index contributed by atoms with van der Waals surface area (Å²) in [5.74, 6) is 0.906. The molecule has 0 saturated heterocycles. The van der Waals surface area contributed by atoms with E-state index in [0.717, 1.165) is 0 Å². The number of hydrogen-bond donors (Lipinski definition) is 2. The molecule has 8 heteroatoms. The highest BCUT2D eigenvalue weighted by molar-refractivity contribution is 7.06. The van der Waals surface area contributed by atoms with Gasteiger partial charge >= 0.3 is 0 Å². The summed E-state index contributed by atoms with van der Waals surface area (Å²) in [6.07, 6.45) is 1.70. The van der Waals surface area contributed by atoms with Crippen molar-refractivity contribution < 1.29 is 21.9 Å². The highest BCUT2D eigenvalue weighted by Gasteiger charge is 2.11. The summed E-state index contributed by atoms with van der Waals surface area (Å²) in [5, 5.41) is 12.8. The Hall–Kier alpha value is -2.28. The van der Waals surface area contributed by atoms with E-state index in [1.165, 1.54) is 11.3 Å². The van der Waals surface area contributed by atoms with Gasteiger partial charge in [0.25, 0.3) is 0 Å². The number of nitrogens with zero attached hydrogens (tertiary/aromatic N) is 1. The maximum absolute atomic E-state index is 12.2. The van der Waals surface area contributed by atoms with Crippen LogP contribution in [0.3, 0.4) is 0 Å². The summed E-state index contributed by atoms with van der Waals surface area (Å²) < 4.78 is 7.37. The van der Waals surface area contributed by atoms with Crippen LogP contribution in [0.15, 0.2) is 60.1 Å². The van der Waals surface area contributed by atoms with E-state index in [4.69, 9.17) is 21.7 Å². The van der Waals surface area contributed by atoms with Crippen LogP contribution in [0.1, 0.15) is 0 Å². The van der Waals surface area contributed by atoms with Crippen molar-refractivity contribution in [3.63, 3.8) is 0 Å². The first-order chi connectivity index (χ1) is 11.6. The topological polar surface area (TPSA) is 67.1 Å². The molecule has 1 amide bonds. The Morgan fingerprint density at radius 1 is 1.24 bits per heavy atom. The molecule has 0 aliphatic rings. The number of aromatic nitrogens is 1. The number of carbonyl (C=O) groups is 1. The average Bonchev–Trinajstić information content (AvgIpc) is 2.96. The van der Waals surface area contributed by atoms with E-state index in [9.17, 15) is 4.79 Å². The predicted molar refractivity (Wildman–Crippen MR) is 94.8 cm³/mol. The molecule has 0 fully saturated rings. The molecule has 3 aromatic rings. The van der Waals surface area contributed by atoms with Crippen molar-refractivity contribution in [3.05, 3.63) is 69.9 Å². The number of rotatable bonds is 5. The third-order valence-corrected chi connectivity index (χ3v) is 4.13. The molecule has 0 saturated carbocycles. The van der Waals surface area contributed by atoms with Crippen LogP contribution in [0.4, 0.5) is 5.69 Å².